The van der Waals surface area contributed by atoms with E-state index in [0.717, 1.165) is 48.9 Å². The summed E-state index contributed by atoms with van der Waals surface area (Å²) in [5.41, 5.74) is 9.47. The van der Waals surface area contributed by atoms with Crippen molar-refractivity contribution in [2.24, 2.45) is 0 Å². The minimum Gasteiger partial charge on any atom is -0.394 e. The van der Waals surface area contributed by atoms with E-state index < -0.39 is 0 Å². The van der Waals surface area contributed by atoms with Gasteiger partial charge in [-0.05, 0) is 37.1 Å². The molecule has 0 amide bonds. The highest BCUT2D eigenvalue weighted by Gasteiger charge is 2.15. The third-order valence-corrected chi connectivity index (χ3v) is 5.50. The van der Waals surface area contributed by atoms with Crippen molar-refractivity contribution in [1.82, 2.24) is 24.8 Å². The molecule has 0 saturated carbocycles. The normalized spacial score (nSPS) is 12.2. The van der Waals surface area contributed by atoms with Gasteiger partial charge in [-0.25, -0.2) is 4.98 Å². The maximum Gasteiger partial charge on any atom is 0.248 e. The summed E-state index contributed by atoms with van der Waals surface area (Å²) in [6, 6.07) is 3.30. The van der Waals surface area contributed by atoms with E-state index in [1.54, 1.807) is 18.5 Å². The zero-order valence-corrected chi connectivity index (χ0v) is 19.3. The maximum atomic E-state index is 12.1. The van der Waals surface area contributed by atoms with Crippen LogP contribution >= 0.6 is 0 Å². The first-order valence-corrected chi connectivity index (χ1v) is 11.3. The summed E-state index contributed by atoms with van der Waals surface area (Å²) in [4.78, 5) is 30.3. The number of aromatic amines is 1. The number of rotatable bonds is 12. The fraction of sp³-hybridized carbons (Fsp3) is 0.417. The molecule has 3 aromatic rings. The van der Waals surface area contributed by atoms with Crippen molar-refractivity contribution in [1.29, 1.82) is 0 Å². The first-order valence-electron chi connectivity index (χ1n) is 11.3. The zero-order valence-electron chi connectivity index (χ0n) is 19.3. The largest absolute Gasteiger partial charge is 0.394 e. The van der Waals surface area contributed by atoms with Crippen LogP contribution in [0.4, 0.5) is 11.8 Å². The molecule has 0 radical (unpaired) electrons. The molecule has 0 aliphatic carbocycles. The van der Waals surface area contributed by atoms with Crippen LogP contribution in [-0.2, 0) is 6.54 Å². The number of pyridine rings is 2. The molecule has 0 spiro atoms. The number of H-pyrrole nitrogens is 1. The zero-order chi connectivity index (χ0) is 23.8. The minimum atomic E-state index is -0.186. The van der Waals surface area contributed by atoms with Crippen LogP contribution in [0.5, 0.6) is 0 Å². The van der Waals surface area contributed by atoms with Crippen LogP contribution in [0.2, 0.25) is 0 Å². The van der Waals surface area contributed by atoms with Gasteiger partial charge >= 0.3 is 0 Å². The summed E-state index contributed by atoms with van der Waals surface area (Å²) in [7, 11) is 2.03. The van der Waals surface area contributed by atoms with E-state index in [0.29, 0.717) is 23.4 Å². The monoisotopic (exact) mass is 451 g/mol. The number of nitrogens with two attached hydrogens (primary N) is 1. The SMILES string of the molecule is C=CCCN(C)Cc1c[nH]c(=O)cc1-c1cnc2c(N[C@@H](CO)CCCC)nc(N)nc2c1. The molecular formula is C24H33N7O2. The van der Waals surface area contributed by atoms with E-state index in [1.165, 1.54) is 0 Å². The van der Waals surface area contributed by atoms with Gasteiger partial charge in [0.05, 0.1) is 18.2 Å². The third kappa shape index (κ3) is 6.36. The number of nitrogens with one attached hydrogen (secondary N) is 2. The van der Waals surface area contributed by atoms with Gasteiger partial charge in [0.25, 0.3) is 0 Å². The molecule has 0 saturated heterocycles. The molecule has 0 aliphatic heterocycles. The van der Waals surface area contributed by atoms with Gasteiger partial charge in [-0.1, -0.05) is 25.8 Å². The van der Waals surface area contributed by atoms with Gasteiger partial charge in [0.15, 0.2) is 5.82 Å². The predicted molar refractivity (Wildman–Crippen MR) is 133 cm³/mol. The number of aliphatic hydroxyl groups excluding tert-OH is 1. The van der Waals surface area contributed by atoms with Gasteiger partial charge < -0.3 is 26.0 Å². The average molecular weight is 452 g/mol. The summed E-state index contributed by atoms with van der Waals surface area (Å²) < 4.78 is 0. The highest BCUT2D eigenvalue weighted by atomic mass is 16.3. The smallest absolute Gasteiger partial charge is 0.248 e. The summed E-state index contributed by atoms with van der Waals surface area (Å²) in [5, 5.41) is 13.0. The van der Waals surface area contributed by atoms with Crippen molar-refractivity contribution in [3.05, 3.63) is 53.1 Å². The Hall–Kier alpha value is -3.30. The summed E-state index contributed by atoms with van der Waals surface area (Å²) in [6.07, 6.45) is 9.06. The highest BCUT2D eigenvalue weighted by molar-refractivity contribution is 5.89. The molecule has 0 unspecified atom stereocenters. The molecule has 0 aromatic carbocycles. The molecule has 0 bridgehead atoms. The number of unbranched alkanes of at least 4 members (excludes halogenated alkanes) is 1. The van der Waals surface area contributed by atoms with Crippen molar-refractivity contribution in [2.45, 2.75) is 45.2 Å². The van der Waals surface area contributed by atoms with E-state index in [1.807, 2.05) is 19.2 Å². The predicted octanol–water partition coefficient (Wildman–Crippen LogP) is 2.93. The molecule has 9 nitrogen and oxygen atoms in total. The Bertz CT molecular complexity index is 1150. The van der Waals surface area contributed by atoms with Crippen molar-refractivity contribution in [2.75, 3.05) is 31.2 Å². The number of anilines is 2. The molecule has 33 heavy (non-hydrogen) atoms. The van der Waals surface area contributed by atoms with Crippen molar-refractivity contribution in [3.63, 3.8) is 0 Å². The van der Waals surface area contributed by atoms with Gasteiger partial charge in [-0.2, -0.15) is 4.98 Å². The molecule has 9 heteroatoms. The average Bonchev–Trinajstić information content (AvgIpc) is 2.80. The molecule has 0 aliphatic rings. The van der Waals surface area contributed by atoms with Crippen molar-refractivity contribution < 1.29 is 5.11 Å². The lowest BCUT2D eigenvalue weighted by Crippen LogP contribution is -2.24. The number of nitrogen functional groups attached to an aromatic ring is 1. The van der Waals surface area contributed by atoms with Crippen molar-refractivity contribution >= 4 is 22.8 Å². The van der Waals surface area contributed by atoms with Crippen LogP contribution in [-0.4, -0.2) is 56.2 Å². The topological polar surface area (TPSA) is 133 Å². The standard InChI is InChI=1S/C24H33N7O2/c1-4-6-8-18(15-32)28-23-22-20(29-24(25)30-23)10-16(12-27-22)19-11-21(33)26-13-17(19)14-31(3)9-7-5-2/h5,10-13,18,32H,2,4,6-9,14-15H2,1,3H3,(H,26,33)(H3,25,28,29,30)/t18-/m1/s1. The fourth-order valence-corrected chi connectivity index (χ4v) is 3.72. The van der Waals surface area contributed by atoms with Gasteiger partial charge in [0.2, 0.25) is 11.5 Å². The minimum absolute atomic E-state index is 0.0149. The molecule has 3 rings (SSSR count). The molecule has 176 valence electrons. The Kier molecular flexibility index (Phi) is 8.51. The second-order valence-corrected chi connectivity index (χ2v) is 8.24. The molecule has 0 fully saturated rings. The Morgan fingerprint density at radius 3 is 2.91 bits per heavy atom. The third-order valence-electron chi connectivity index (χ3n) is 5.50. The first kappa shape index (κ1) is 24.3. The summed E-state index contributed by atoms with van der Waals surface area (Å²) in [6.45, 7) is 7.39. The van der Waals surface area contributed by atoms with Crippen LogP contribution in [0.3, 0.4) is 0 Å². The Labute approximate surface area is 193 Å². The van der Waals surface area contributed by atoms with Gasteiger partial charge in [-0.15, -0.1) is 6.58 Å². The number of hydrogen-bond donors (Lipinski definition) is 4. The number of nitrogens with zero attached hydrogens (tertiary/aromatic N) is 4. The van der Waals surface area contributed by atoms with Crippen LogP contribution in [0.25, 0.3) is 22.2 Å². The quantitative estimate of drug-likeness (QED) is 0.309. The van der Waals surface area contributed by atoms with E-state index in [4.69, 9.17) is 5.73 Å². The molecule has 3 aromatic heterocycles. The Morgan fingerprint density at radius 1 is 1.36 bits per heavy atom. The number of hydrogen-bond acceptors (Lipinski definition) is 8. The van der Waals surface area contributed by atoms with Gasteiger partial charge in [-0.3, -0.25) is 9.78 Å². The Balaban J connectivity index is 1.98. The van der Waals surface area contributed by atoms with E-state index >= 15 is 0 Å². The maximum absolute atomic E-state index is 12.1. The lowest BCUT2D eigenvalue weighted by molar-refractivity contribution is 0.267. The van der Waals surface area contributed by atoms with Crippen LogP contribution in [0, 0.1) is 0 Å². The molecular weight excluding hydrogens is 418 g/mol. The highest BCUT2D eigenvalue weighted by Crippen LogP contribution is 2.28. The fourth-order valence-electron chi connectivity index (χ4n) is 3.72. The first-order chi connectivity index (χ1) is 15.9. The second kappa shape index (κ2) is 11.5. The van der Waals surface area contributed by atoms with Crippen molar-refractivity contribution in [3.8, 4) is 11.1 Å². The summed E-state index contributed by atoms with van der Waals surface area (Å²) in [5.74, 6) is 0.612. The van der Waals surface area contributed by atoms with E-state index in [-0.39, 0.29) is 24.2 Å². The lowest BCUT2D eigenvalue weighted by atomic mass is 10.0. The molecule has 1 atom stereocenters. The van der Waals surface area contributed by atoms with E-state index in [2.05, 4.69) is 43.7 Å². The summed E-state index contributed by atoms with van der Waals surface area (Å²) >= 11 is 0. The van der Waals surface area contributed by atoms with Crippen LogP contribution in [0.1, 0.15) is 38.2 Å². The van der Waals surface area contributed by atoms with Gasteiger partial charge in [0.1, 0.15) is 5.52 Å². The Morgan fingerprint density at radius 2 is 2.18 bits per heavy atom. The molecule has 3 heterocycles. The lowest BCUT2D eigenvalue weighted by Gasteiger charge is -2.19. The second-order valence-electron chi connectivity index (χ2n) is 8.24. The molecule has 5 N–H and O–H groups in total. The van der Waals surface area contributed by atoms with Crippen LogP contribution < -0.4 is 16.6 Å². The number of aromatic nitrogens is 4. The van der Waals surface area contributed by atoms with Crippen LogP contribution in [0.15, 0.2) is 42.0 Å². The van der Waals surface area contributed by atoms with Gasteiger partial charge in [0, 0.05) is 37.1 Å². The van der Waals surface area contributed by atoms with E-state index in [9.17, 15) is 9.90 Å². The number of aliphatic hydroxyl groups is 1. The number of fused-ring (bicyclic) bond motifs is 1.